The summed E-state index contributed by atoms with van der Waals surface area (Å²) in [5.74, 6) is 0. The number of hydrogen-bond acceptors (Lipinski definition) is 3. The van der Waals surface area contributed by atoms with Gasteiger partial charge in [0.15, 0.2) is 0 Å². The van der Waals surface area contributed by atoms with Crippen LogP contribution in [-0.4, -0.2) is 14.5 Å². The molecule has 0 atom stereocenters. The second-order valence-electron chi connectivity index (χ2n) is 4.32. The Morgan fingerprint density at radius 3 is 2.65 bits per heavy atom. The van der Waals surface area contributed by atoms with Crippen molar-refractivity contribution < 1.29 is 8.42 Å². The van der Waals surface area contributed by atoms with Crippen LogP contribution in [0, 0.1) is 6.92 Å². The number of nitrogens with one attached hydrogen (secondary N) is 1. The van der Waals surface area contributed by atoms with E-state index in [0.29, 0.717) is 11.0 Å². The van der Waals surface area contributed by atoms with E-state index in [9.17, 15) is 8.42 Å². The summed E-state index contributed by atoms with van der Waals surface area (Å²) in [5, 5.41) is 0. The average molecular weight is 319 g/mol. The van der Waals surface area contributed by atoms with Crippen molar-refractivity contribution in [1.82, 2.24) is 4.72 Å². The molecule has 1 aromatic rings. The lowest BCUT2D eigenvalue weighted by atomic mass is 10.1. The second kappa shape index (κ2) is 4.68. The Hall–Kier alpha value is -0.430. The van der Waals surface area contributed by atoms with E-state index in [-0.39, 0.29) is 10.9 Å². The summed E-state index contributed by atoms with van der Waals surface area (Å²) in [5.41, 5.74) is 7.26. The van der Waals surface area contributed by atoms with E-state index in [4.69, 9.17) is 5.73 Å². The van der Waals surface area contributed by atoms with Crippen LogP contribution in [-0.2, 0) is 16.6 Å². The Kier molecular flexibility index (Phi) is 3.58. The molecule has 4 nitrogen and oxygen atoms in total. The fourth-order valence-electron chi connectivity index (χ4n) is 1.61. The van der Waals surface area contributed by atoms with E-state index in [1.54, 1.807) is 6.07 Å². The topological polar surface area (TPSA) is 72.2 Å². The van der Waals surface area contributed by atoms with Crippen molar-refractivity contribution in [3.63, 3.8) is 0 Å². The van der Waals surface area contributed by atoms with Crippen molar-refractivity contribution >= 4 is 26.0 Å². The van der Waals surface area contributed by atoms with Crippen LogP contribution in [0.5, 0.6) is 0 Å². The quantitative estimate of drug-likeness (QED) is 0.886. The van der Waals surface area contributed by atoms with Gasteiger partial charge in [-0.2, -0.15) is 0 Å². The zero-order chi connectivity index (χ0) is 12.6. The van der Waals surface area contributed by atoms with Crippen molar-refractivity contribution in [2.75, 3.05) is 0 Å². The number of sulfonamides is 1. The number of rotatable bonds is 4. The molecule has 1 aliphatic carbocycles. The van der Waals surface area contributed by atoms with E-state index >= 15 is 0 Å². The molecule has 17 heavy (non-hydrogen) atoms. The van der Waals surface area contributed by atoms with E-state index in [1.807, 2.05) is 13.0 Å². The fraction of sp³-hybridized carbons (Fsp3) is 0.455. The second-order valence-corrected chi connectivity index (χ2v) is 6.80. The minimum atomic E-state index is -3.44. The standard InChI is InChI=1S/C11H15BrN2O2S/c1-7-4-8(6-13)5-10(11(7)12)17(15,16)14-9-2-3-9/h4-5,9,14H,2-3,6,13H2,1H3. The summed E-state index contributed by atoms with van der Waals surface area (Å²) in [6.07, 6.45) is 1.85. The first-order valence-electron chi connectivity index (χ1n) is 5.45. The molecule has 0 heterocycles. The first kappa shape index (κ1) is 13.0. The van der Waals surface area contributed by atoms with Crippen LogP contribution in [0.4, 0.5) is 0 Å². The molecule has 1 fully saturated rings. The highest BCUT2D eigenvalue weighted by atomic mass is 79.9. The highest BCUT2D eigenvalue weighted by Crippen LogP contribution is 2.29. The van der Waals surface area contributed by atoms with Gasteiger partial charge in [-0.15, -0.1) is 0 Å². The van der Waals surface area contributed by atoms with Gasteiger partial charge in [0.05, 0.1) is 4.90 Å². The summed E-state index contributed by atoms with van der Waals surface area (Å²) in [6, 6.07) is 3.62. The molecule has 3 N–H and O–H groups in total. The zero-order valence-corrected chi connectivity index (χ0v) is 11.9. The van der Waals surface area contributed by atoms with Crippen molar-refractivity contribution in [2.24, 2.45) is 5.73 Å². The molecule has 1 aliphatic rings. The summed E-state index contributed by atoms with van der Waals surface area (Å²) >= 11 is 3.33. The third-order valence-electron chi connectivity index (χ3n) is 2.71. The van der Waals surface area contributed by atoms with E-state index < -0.39 is 10.0 Å². The van der Waals surface area contributed by atoms with Gasteiger partial charge in [0.2, 0.25) is 10.0 Å². The van der Waals surface area contributed by atoms with Gasteiger partial charge < -0.3 is 5.73 Å². The molecule has 0 unspecified atom stereocenters. The number of nitrogens with two attached hydrogens (primary N) is 1. The minimum absolute atomic E-state index is 0.105. The lowest BCUT2D eigenvalue weighted by molar-refractivity contribution is 0.580. The van der Waals surface area contributed by atoms with Gasteiger partial charge in [0.25, 0.3) is 0 Å². The Morgan fingerprint density at radius 1 is 1.47 bits per heavy atom. The number of aryl methyl sites for hydroxylation is 1. The summed E-state index contributed by atoms with van der Waals surface area (Å²) in [6.45, 7) is 2.19. The van der Waals surface area contributed by atoms with Gasteiger partial charge in [0.1, 0.15) is 0 Å². The van der Waals surface area contributed by atoms with Crippen molar-refractivity contribution in [3.8, 4) is 0 Å². The molecule has 0 aliphatic heterocycles. The normalized spacial score (nSPS) is 16.2. The molecular formula is C11H15BrN2O2S. The van der Waals surface area contributed by atoms with Crippen LogP contribution in [0.15, 0.2) is 21.5 Å². The monoisotopic (exact) mass is 318 g/mol. The molecule has 0 bridgehead atoms. The molecule has 0 aromatic heterocycles. The Labute approximate surface area is 110 Å². The van der Waals surface area contributed by atoms with E-state index in [2.05, 4.69) is 20.7 Å². The van der Waals surface area contributed by atoms with Crippen LogP contribution in [0.3, 0.4) is 0 Å². The fourth-order valence-corrected chi connectivity index (χ4v) is 3.98. The summed E-state index contributed by atoms with van der Waals surface area (Å²) in [7, 11) is -3.44. The first-order valence-corrected chi connectivity index (χ1v) is 7.73. The van der Waals surface area contributed by atoms with Crippen LogP contribution >= 0.6 is 15.9 Å². The van der Waals surface area contributed by atoms with Gasteiger partial charge in [-0.1, -0.05) is 6.07 Å². The maximum absolute atomic E-state index is 12.1. The Bertz CT molecular complexity index is 539. The van der Waals surface area contributed by atoms with E-state index in [0.717, 1.165) is 24.0 Å². The highest BCUT2D eigenvalue weighted by molar-refractivity contribution is 9.10. The molecule has 2 rings (SSSR count). The molecule has 1 saturated carbocycles. The van der Waals surface area contributed by atoms with Crippen molar-refractivity contribution in [2.45, 2.75) is 37.2 Å². The lowest BCUT2D eigenvalue weighted by Gasteiger charge is -2.11. The third-order valence-corrected chi connectivity index (χ3v) is 5.56. The minimum Gasteiger partial charge on any atom is -0.326 e. The van der Waals surface area contributed by atoms with Crippen LogP contribution < -0.4 is 10.5 Å². The SMILES string of the molecule is Cc1cc(CN)cc(S(=O)(=O)NC2CC2)c1Br. The molecule has 0 radical (unpaired) electrons. The smallest absolute Gasteiger partial charge is 0.241 e. The number of hydrogen-bond donors (Lipinski definition) is 2. The van der Waals surface area contributed by atoms with Gasteiger partial charge in [-0.3, -0.25) is 0 Å². The summed E-state index contributed by atoms with van der Waals surface area (Å²) < 4.78 is 27.6. The Morgan fingerprint density at radius 2 is 2.12 bits per heavy atom. The molecule has 6 heteroatoms. The van der Waals surface area contributed by atoms with Gasteiger partial charge >= 0.3 is 0 Å². The van der Waals surface area contributed by atoms with Crippen LogP contribution in [0.25, 0.3) is 0 Å². The molecular weight excluding hydrogens is 304 g/mol. The Balaban J connectivity index is 2.45. The molecule has 0 amide bonds. The van der Waals surface area contributed by atoms with Gasteiger partial charge in [-0.25, -0.2) is 13.1 Å². The predicted molar refractivity (Wildman–Crippen MR) is 70.1 cm³/mol. The van der Waals surface area contributed by atoms with Crippen LogP contribution in [0.2, 0.25) is 0 Å². The maximum atomic E-state index is 12.1. The lowest BCUT2D eigenvalue weighted by Crippen LogP contribution is -2.26. The number of benzene rings is 1. The van der Waals surface area contributed by atoms with E-state index in [1.165, 1.54) is 0 Å². The maximum Gasteiger partial charge on any atom is 0.241 e. The number of halogens is 1. The first-order chi connectivity index (χ1) is 7.94. The molecule has 94 valence electrons. The average Bonchev–Trinajstić information content (AvgIpc) is 3.04. The molecule has 0 spiro atoms. The molecule has 1 aromatic carbocycles. The predicted octanol–water partition coefficient (Wildman–Crippen LogP) is 1.66. The van der Waals surface area contributed by atoms with Crippen LogP contribution in [0.1, 0.15) is 24.0 Å². The van der Waals surface area contributed by atoms with Gasteiger partial charge in [-0.05, 0) is 52.9 Å². The summed E-state index contributed by atoms with van der Waals surface area (Å²) in [4.78, 5) is 0.282. The zero-order valence-electron chi connectivity index (χ0n) is 9.53. The van der Waals surface area contributed by atoms with Gasteiger partial charge in [0, 0.05) is 17.1 Å². The third kappa shape index (κ3) is 2.88. The van der Waals surface area contributed by atoms with Crippen molar-refractivity contribution in [3.05, 3.63) is 27.7 Å². The highest BCUT2D eigenvalue weighted by Gasteiger charge is 2.29. The molecule has 0 saturated heterocycles. The van der Waals surface area contributed by atoms with Crippen molar-refractivity contribution in [1.29, 1.82) is 0 Å². The largest absolute Gasteiger partial charge is 0.326 e.